The number of nitrogens with zero attached hydrogens (tertiary/aromatic N) is 2. The summed E-state index contributed by atoms with van der Waals surface area (Å²) in [5.74, 6) is 0.976. The SMILES string of the molecule is O=C(OC1CCC2CCCCC2C1)c1cnc2sccn2c1=O. The van der Waals surface area contributed by atoms with Gasteiger partial charge in [-0.2, -0.15) is 0 Å². The third-order valence-electron chi connectivity index (χ3n) is 5.33. The van der Waals surface area contributed by atoms with Crippen molar-refractivity contribution < 1.29 is 9.53 Å². The van der Waals surface area contributed by atoms with Crippen LogP contribution >= 0.6 is 11.3 Å². The van der Waals surface area contributed by atoms with Crippen LogP contribution in [0.5, 0.6) is 0 Å². The lowest BCUT2D eigenvalue weighted by Gasteiger charge is -2.38. The van der Waals surface area contributed by atoms with Gasteiger partial charge in [0.1, 0.15) is 11.7 Å². The number of ether oxygens (including phenoxy) is 1. The van der Waals surface area contributed by atoms with Crippen molar-refractivity contribution >= 4 is 22.3 Å². The Labute approximate surface area is 138 Å². The van der Waals surface area contributed by atoms with Gasteiger partial charge < -0.3 is 4.74 Å². The minimum atomic E-state index is -0.526. The molecule has 0 amide bonds. The first-order chi connectivity index (χ1) is 11.2. The predicted octanol–water partition coefficient (Wildman–Crippen LogP) is 3.27. The molecule has 2 aliphatic carbocycles. The Hall–Kier alpha value is -1.69. The Morgan fingerprint density at radius 3 is 2.91 bits per heavy atom. The van der Waals surface area contributed by atoms with Crippen molar-refractivity contribution in [3.05, 3.63) is 33.7 Å². The van der Waals surface area contributed by atoms with Crippen molar-refractivity contribution in [3.63, 3.8) is 0 Å². The predicted molar refractivity (Wildman–Crippen MR) is 87.8 cm³/mol. The fourth-order valence-electron chi connectivity index (χ4n) is 4.12. The molecule has 4 rings (SSSR count). The number of carbonyl (C=O) groups is 1. The highest BCUT2D eigenvalue weighted by atomic mass is 32.1. The van der Waals surface area contributed by atoms with Crippen molar-refractivity contribution in [1.82, 2.24) is 9.38 Å². The highest BCUT2D eigenvalue weighted by molar-refractivity contribution is 7.15. The molecule has 3 atom stereocenters. The Morgan fingerprint density at radius 2 is 2.04 bits per heavy atom. The van der Waals surface area contributed by atoms with Crippen molar-refractivity contribution in [2.45, 2.75) is 51.0 Å². The zero-order valence-electron chi connectivity index (χ0n) is 12.9. The van der Waals surface area contributed by atoms with Gasteiger partial charge in [0, 0.05) is 11.6 Å². The second-order valence-corrected chi connectivity index (χ2v) is 7.55. The lowest BCUT2D eigenvalue weighted by atomic mass is 9.70. The molecule has 0 aliphatic heterocycles. The highest BCUT2D eigenvalue weighted by Crippen LogP contribution is 2.41. The number of fused-ring (bicyclic) bond motifs is 2. The van der Waals surface area contributed by atoms with E-state index in [9.17, 15) is 9.59 Å². The van der Waals surface area contributed by atoms with Crippen molar-refractivity contribution in [2.75, 3.05) is 0 Å². The van der Waals surface area contributed by atoms with Crippen molar-refractivity contribution in [3.8, 4) is 0 Å². The summed E-state index contributed by atoms with van der Waals surface area (Å²) >= 11 is 1.37. The maximum Gasteiger partial charge on any atom is 0.345 e. The lowest BCUT2D eigenvalue weighted by molar-refractivity contribution is -0.00113. The van der Waals surface area contributed by atoms with E-state index in [-0.39, 0.29) is 17.2 Å². The minimum absolute atomic E-state index is 0.0340. The number of esters is 1. The summed E-state index contributed by atoms with van der Waals surface area (Å²) in [6, 6.07) is 0. The smallest absolute Gasteiger partial charge is 0.345 e. The van der Waals surface area contributed by atoms with E-state index in [1.54, 1.807) is 11.6 Å². The molecule has 2 fully saturated rings. The molecule has 2 saturated carbocycles. The molecule has 0 aromatic carbocycles. The lowest BCUT2D eigenvalue weighted by Crippen LogP contribution is -2.34. The van der Waals surface area contributed by atoms with Gasteiger partial charge in [-0.25, -0.2) is 9.78 Å². The van der Waals surface area contributed by atoms with Crippen molar-refractivity contribution in [1.29, 1.82) is 0 Å². The quantitative estimate of drug-likeness (QED) is 0.792. The first-order valence-corrected chi connectivity index (χ1v) is 9.26. The molecule has 0 saturated heterocycles. The molecule has 23 heavy (non-hydrogen) atoms. The molecule has 5 nitrogen and oxygen atoms in total. The molecule has 122 valence electrons. The monoisotopic (exact) mass is 332 g/mol. The molecule has 2 aliphatic rings. The van der Waals surface area contributed by atoms with Crippen LogP contribution in [-0.4, -0.2) is 21.5 Å². The van der Waals surface area contributed by atoms with Crippen LogP contribution in [0.15, 0.2) is 22.6 Å². The third-order valence-corrected chi connectivity index (χ3v) is 6.10. The Morgan fingerprint density at radius 1 is 1.22 bits per heavy atom. The van der Waals surface area contributed by atoms with Gasteiger partial charge in [-0.1, -0.05) is 25.7 Å². The summed E-state index contributed by atoms with van der Waals surface area (Å²) in [5.41, 5.74) is -0.306. The van der Waals surface area contributed by atoms with E-state index in [1.165, 1.54) is 47.6 Å². The summed E-state index contributed by atoms with van der Waals surface area (Å²) in [6.07, 6.45) is 11.2. The molecule has 0 bridgehead atoms. The maximum atomic E-state index is 12.4. The third kappa shape index (κ3) is 2.80. The van der Waals surface area contributed by atoms with Gasteiger partial charge in [-0.15, -0.1) is 11.3 Å². The van der Waals surface area contributed by atoms with E-state index in [2.05, 4.69) is 4.98 Å². The minimum Gasteiger partial charge on any atom is -0.459 e. The summed E-state index contributed by atoms with van der Waals surface area (Å²) < 4.78 is 7.05. The van der Waals surface area contributed by atoms with Gasteiger partial charge in [0.25, 0.3) is 5.56 Å². The topological polar surface area (TPSA) is 60.7 Å². The van der Waals surface area contributed by atoms with Gasteiger partial charge >= 0.3 is 5.97 Å². The molecule has 0 spiro atoms. The number of hydrogen-bond donors (Lipinski definition) is 0. The van der Waals surface area contributed by atoms with E-state index in [0.29, 0.717) is 10.9 Å². The van der Waals surface area contributed by atoms with E-state index < -0.39 is 5.97 Å². The van der Waals surface area contributed by atoms with Crippen LogP contribution in [0, 0.1) is 11.8 Å². The van der Waals surface area contributed by atoms with Crippen LogP contribution in [0.4, 0.5) is 0 Å². The molecule has 3 unspecified atom stereocenters. The van der Waals surface area contributed by atoms with E-state index in [1.807, 2.05) is 0 Å². The number of hydrogen-bond acceptors (Lipinski definition) is 5. The van der Waals surface area contributed by atoms with Gasteiger partial charge in [-0.3, -0.25) is 9.20 Å². The molecule has 2 heterocycles. The zero-order chi connectivity index (χ0) is 15.8. The summed E-state index contributed by atoms with van der Waals surface area (Å²) in [7, 11) is 0. The van der Waals surface area contributed by atoms with Crippen LogP contribution in [0.1, 0.15) is 55.3 Å². The molecule has 6 heteroatoms. The number of aromatic nitrogens is 2. The Balaban J connectivity index is 1.48. The van der Waals surface area contributed by atoms with Crippen LogP contribution in [0.25, 0.3) is 4.96 Å². The standard InChI is InChI=1S/C17H20N2O3S/c20-15-14(10-18-17-19(15)7-8-23-17)16(21)22-13-6-5-11-3-1-2-4-12(11)9-13/h7-8,10-13H,1-6,9H2. The number of carbonyl (C=O) groups excluding carboxylic acids is 1. The van der Waals surface area contributed by atoms with Crippen LogP contribution in [0.2, 0.25) is 0 Å². The van der Waals surface area contributed by atoms with Gasteiger partial charge in [0.15, 0.2) is 4.96 Å². The summed E-state index contributed by atoms with van der Waals surface area (Å²) in [5, 5.41) is 1.78. The fourth-order valence-corrected chi connectivity index (χ4v) is 4.79. The van der Waals surface area contributed by atoms with Crippen LogP contribution in [0.3, 0.4) is 0 Å². The second kappa shape index (κ2) is 6.07. The van der Waals surface area contributed by atoms with Gasteiger partial charge in [0.2, 0.25) is 0 Å². The van der Waals surface area contributed by atoms with Crippen molar-refractivity contribution in [2.24, 2.45) is 11.8 Å². The highest BCUT2D eigenvalue weighted by Gasteiger charge is 2.34. The zero-order valence-corrected chi connectivity index (χ0v) is 13.8. The summed E-state index contributed by atoms with van der Waals surface area (Å²) in [6.45, 7) is 0. The van der Waals surface area contributed by atoms with Crippen LogP contribution < -0.4 is 5.56 Å². The second-order valence-electron chi connectivity index (χ2n) is 6.68. The average molecular weight is 332 g/mol. The fraction of sp³-hybridized carbons (Fsp3) is 0.588. The first-order valence-electron chi connectivity index (χ1n) is 8.38. The average Bonchev–Trinajstić information content (AvgIpc) is 3.04. The molecule has 2 aromatic rings. The van der Waals surface area contributed by atoms with Crippen LogP contribution in [-0.2, 0) is 4.74 Å². The molecular weight excluding hydrogens is 312 g/mol. The normalized spacial score (nSPS) is 27.6. The van der Waals surface area contributed by atoms with Gasteiger partial charge in [0.05, 0.1) is 6.20 Å². The Kier molecular flexibility index (Phi) is 3.93. The molecular formula is C17H20N2O3S. The number of rotatable bonds is 2. The van der Waals surface area contributed by atoms with E-state index >= 15 is 0 Å². The molecule has 0 radical (unpaired) electrons. The molecule has 2 aromatic heterocycles. The number of thiazole rings is 1. The molecule has 0 N–H and O–H groups in total. The summed E-state index contributed by atoms with van der Waals surface area (Å²) in [4.78, 5) is 29.5. The van der Waals surface area contributed by atoms with E-state index in [4.69, 9.17) is 4.74 Å². The van der Waals surface area contributed by atoms with E-state index in [0.717, 1.165) is 25.2 Å². The van der Waals surface area contributed by atoms with Gasteiger partial charge in [-0.05, 0) is 31.1 Å². The Bertz CT molecular complexity index is 781. The largest absolute Gasteiger partial charge is 0.459 e. The first kappa shape index (κ1) is 14.9. The maximum absolute atomic E-state index is 12.4.